The molecule has 2 aliphatic carbocycles. The van der Waals surface area contributed by atoms with E-state index in [2.05, 4.69) is 39.5 Å². The molecule has 1 aliphatic heterocycles. The molecule has 3 aliphatic rings. The molecule has 2 aromatic rings. The summed E-state index contributed by atoms with van der Waals surface area (Å²) in [6, 6.07) is 8.66. The molecule has 0 amide bonds. The highest BCUT2D eigenvalue weighted by Crippen LogP contribution is 2.55. The number of nitrogens with zero attached hydrogens (tertiary/aromatic N) is 1. The molecule has 0 radical (unpaired) electrons. The first-order valence-electron chi connectivity index (χ1n) is 14.0. The average Bonchev–Trinajstić information content (AvgIpc) is 2.86. The second-order valence-corrected chi connectivity index (χ2v) is 15.8. The maximum atomic E-state index is 13.9. The molecular weight excluding hydrogens is 617 g/mol. The molecule has 0 bridgehead atoms. The van der Waals surface area contributed by atoms with Crippen molar-refractivity contribution in [1.29, 1.82) is 0 Å². The Balaban J connectivity index is 1.66. The van der Waals surface area contributed by atoms with Crippen molar-refractivity contribution in [2.24, 2.45) is 10.8 Å². The summed E-state index contributed by atoms with van der Waals surface area (Å²) in [5.41, 5.74) is 3.19. The van der Waals surface area contributed by atoms with Crippen molar-refractivity contribution in [3.63, 3.8) is 0 Å². The van der Waals surface area contributed by atoms with Gasteiger partial charge in [0.2, 0.25) is 0 Å². The first-order chi connectivity index (χ1) is 19.5. The van der Waals surface area contributed by atoms with Gasteiger partial charge in [0.15, 0.2) is 17.3 Å². The van der Waals surface area contributed by atoms with Gasteiger partial charge in [0.25, 0.3) is 0 Å². The third-order valence-corrected chi connectivity index (χ3v) is 10.2. The highest BCUT2D eigenvalue weighted by molar-refractivity contribution is 7.87. The Kier molecular flexibility index (Phi) is 8.14. The maximum Gasteiger partial charge on any atom is 0.339 e. The van der Waals surface area contributed by atoms with E-state index in [0.717, 1.165) is 17.8 Å². The van der Waals surface area contributed by atoms with Crippen molar-refractivity contribution in [2.45, 2.75) is 77.5 Å². The topological polar surface area (TPSA) is 80.8 Å². The van der Waals surface area contributed by atoms with Crippen LogP contribution < -0.4 is 4.18 Å². The highest BCUT2D eigenvalue weighted by Gasteiger charge is 2.49. The minimum atomic E-state index is -4.27. The molecule has 42 heavy (non-hydrogen) atoms. The van der Waals surface area contributed by atoms with Crippen molar-refractivity contribution in [3.8, 4) is 5.75 Å². The molecule has 0 spiro atoms. The van der Waals surface area contributed by atoms with Crippen LogP contribution in [0.3, 0.4) is 0 Å². The van der Waals surface area contributed by atoms with Gasteiger partial charge in [0.05, 0.1) is 10.0 Å². The average molecular weight is 651 g/mol. The first-order valence-corrected chi connectivity index (χ1v) is 16.6. The van der Waals surface area contributed by atoms with Gasteiger partial charge in [0, 0.05) is 52.9 Å². The zero-order valence-corrected chi connectivity index (χ0v) is 27.4. The van der Waals surface area contributed by atoms with Crippen molar-refractivity contribution in [2.75, 3.05) is 6.54 Å². The lowest BCUT2D eigenvalue weighted by atomic mass is 9.63. The van der Waals surface area contributed by atoms with Crippen molar-refractivity contribution < 1.29 is 22.2 Å². The van der Waals surface area contributed by atoms with E-state index in [1.54, 1.807) is 12.1 Å². The van der Waals surface area contributed by atoms with Gasteiger partial charge in [0.1, 0.15) is 4.90 Å². The van der Waals surface area contributed by atoms with E-state index >= 15 is 0 Å². The number of rotatable bonds is 6. The summed E-state index contributed by atoms with van der Waals surface area (Å²) in [6.07, 6.45) is 2.95. The van der Waals surface area contributed by atoms with Crippen LogP contribution in [0.1, 0.15) is 78.2 Å². The molecule has 0 atom stereocenters. The molecular formula is C32H34Cl3NO5S. The minimum Gasteiger partial charge on any atom is -0.376 e. The molecule has 0 fully saturated rings. The van der Waals surface area contributed by atoms with Gasteiger partial charge >= 0.3 is 10.1 Å². The highest BCUT2D eigenvalue weighted by atomic mass is 35.5. The van der Waals surface area contributed by atoms with Gasteiger partial charge in [-0.05, 0) is 72.1 Å². The Morgan fingerprint density at radius 3 is 1.76 bits per heavy atom. The number of Topliss-reactive ketones (excluding diaryl/α,β-unsaturated/α-hetero) is 2. The van der Waals surface area contributed by atoms with Crippen molar-refractivity contribution >= 4 is 56.5 Å². The number of ketones is 2. The van der Waals surface area contributed by atoms with Crippen molar-refractivity contribution in [1.82, 2.24) is 4.90 Å². The molecule has 6 nitrogen and oxygen atoms in total. The number of allylic oxidation sites excluding steroid dienone is 4. The summed E-state index contributed by atoms with van der Waals surface area (Å²) >= 11 is 19.2. The van der Waals surface area contributed by atoms with Crippen LogP contribution in [0.15, 0.2) is 63.8 Å². The molecule has 10 heteroatoms. The second-order valence-electron chi connectivity index (χ2n) is 13.0. The molecule has 0 aromatic heterocycles. The fraction of sp³-hybridized carbons (Fsp3) is 0.438. The minimum absolute atomic E-state index is 0.00516. The summed E-state index contributed by atoms with van der Waals surface area (Å²) in [6.45, 7) is 11.2. The summed E-state index contributed by atoms with van der Waals surface area (Å²) in [5.74, 6) is -0.896. The lowest BCUT2D eigenvalue weighted by Crippen LogP contribution is -2.44. The van der Waals surface area contributed by atoms with E-state index in [1.807, 2.05) is 0 Å². The Bertz CT molecular complexity index is 1580. The number of carbonyl (C=O) groups is 2. The number of hydrogen-bond donors (Lipinski definition) is 0. The van der Waals surface area contributed by atoms with Gasteiger partial charge in [-0.2, -0.15) is 8.42 Å². The Labute approximate surface area is 262 Å². The van der Waals surface area contributed by atoms with Gasteiger partial charge in [-0.1, -0.05) is 69.4 Å². The van der Waals surface area contributed by atoms with Crippen LogP contribution >= 0.6 is 34.8 Å². The predicted molar refractivity (Wildman–Crippen MR) is 166 cm³/mol. The Morgan fingerprint density at radius 2 is 1.31 bits per heavy atom. The van der Waals surface area contributed by atoms with Gasteiger partial charge < -0.3 is 9.08 Å². The van der Waals surface area contributed by atoms with E-state index in [-0.39, 0.29) is 43.1 Å². The molecule has 0 saturated heterocycles. The first kappa shape index (κ1) is 31.1. The SMILES string of the molecule is CCCN1C2=C(C(=O)CC(C)(C)C2)C(c2cc(Cl)c(OS(=O)(=O)c3ccc(Cl)cc3)c(Cl)c2)C2=C1CC(C)(C)CC2=O. The molecule has 5 rings (SSSR count). The van der Waals surface area contributed by atoms with E-state index in [1.165, 1.54) is 24.3 Å². The monoisotopic (exact) mass is 649 g/mol. The smallest absolute Gasteiger partial charge is 0.339 e. The van der Waals surface area contributed by atoms with Crippen LogP contribution in [0.25, 0.3) is 0 Å². The van der Waals surface area contributed by atoms with E-state index in [9.17, 15) is 18.0 Å². The molecule has 224 valence electrons. The van der Waals surface area contributed by atoms with E-state index in [0.29, 0.717) is 54.0 Å². The fourth-order valence-electron chi connectivity index (χ4n) is 6.46. The molecule has 0 saturated carbocycles. The van der Waals surface area contributed by atoms with E-state index < -0.39 is 16.0 Å². The number of carbonyl (C=O) groups excluding carboxylic acids is 2. The predicted octanol–water partition coefficient (Wildman–Crippen LogP) is 8.51. The quantitative estimate of drug-likeness (QED) is 0.292. The zero-order valence-electron chi connectivity index (χ0n) is 24.3. The zero-order chi connectivity index (χ0) is 30.8. The molecule has 0 N–H and O–H groups in total. The lowest BCUT2D eigenvalue weighted by molar-refractivity contribution is -0.119. The van der Waals surface area contributed by atoms with Gasteiger partial charge in [-0.3, -0.25) is 9.59 Å². The molecule has 2 aromatic carbocycles. The standard InChI is InChI=1S/C32H34Cl3NO5S/c1-6-11-36-23-14-31(2,3)16-25(37)28(23)27(29-24(36)15-32(4,5)17-26(29)38)18-12-21(34)30(22(35)13-18)41-42(39,40)20-9-7-19(33)8-10-20/h7-10,12-13,27H,6,11,14-17H2,1-5H3. The summed E-state index contributed by atoms with van der Waals surface area (Å²) < 4.78 is 31.4. The van der Waals surface area contributed by atoms with E-state index in [4.69, 9.17) is 39.0 Å². The summed E-state index contributed by atoms with van der Waals surface area (Å²) in [5, 5.41) is 0.299. The van der Waals surface area contributed by atoms with Crippen LogP contribution in [0.2, 0.25) is 15.1 Å². The number of benzene rings is 2. The summed E-state index contributed by atoms with van der Waals surface area (Å²) in [7, 11) is -4.27. The Hall–Kier alpha value is -2.32. The van der Waals surface area contributed by atoms with Crippen molar-refractivity contribution in [3.05, 3.63) is 79.6 Å². The lowest BCUT2D eigenvalue weighted by Gasteiger charge is -2.49. The fourth-order valence-corrected chi connectivity index (χ4v) is 8.22. The third-order valence-electron chi connectivity index (χ3n) is 8.12. The number of hydrogen-bond acceptors (Lipinski definition) is 6. The number of halogens is 3. The summed E-state index contributed by atoms with van der Waals surface area (Å²) in [4.78, 5) is 29.9. The largest absolute Gasteiger partial charge is 0.376 e. The van der Waals surface area contributed by atoms with Crippen LogP contribution in [0.5, 0.6) is 5.75 Å². The Morgan fingerprint density at radius 1 is 0.833 bits per heavy atom. The van der Waals surface area contributed by atoms with Crippen LogP contribution in [-0.2, 0) is 19.7 Å². The van der Waals surface area contributed by atoms with Gasteiger partial charge in [-0.15, -0.1) is 0 Å². The normalized spacial score (nSPS) is 20.5. The molecule has 0 unspecified atom stereocenters. The van der Waals surface area contributed by atoms with Crippen LogP contribution in [-0.4, -0.2) is 31.4 Å². The maximum absolute atomic E-state index is 13.9. The second kappa shape index (κ2) is 11.0. The van der Waals surface area contributed by atoms with Gasteiger partial charge in [-0.25, -0.2) is 0 Å². The molecule has 1 heterocycles. The van der Waals surface area contributed by atoms with Crippen LogP contribution in [0, 0.1) is 10.8 Å². The third kappa shape index (κ3) is 5.78. The van der Waals surface area contributed by atoms with Crippen LogP contribution in [0.4, 0.5) is 0 Å².